The second-order valence-electron chi connectivity index (χ2n) is 4.77. The summed E-state index contributed by atoms with van der Waals surface area (Å²) >= 11 is 3.62. The third-order valence-electron chi connectivity index (χ3n) is 3.06. The van der Waals surface area contributed by atoms with Gasteiger partial charge in [-0.1, -0.05) is 11.8 Å². The molecule has 0 aliphatic rings. The molecule has 0 saturated carbocycles. The fourth-order valence-corrected chi connectivity index (χ4v) is 4.53. The lowest BCUT2D eigenvalue weighted by Crippen LogP contribution is -2.13. The molecule has 10 heteroatoms. The van der Waals surface area contributed by atoms with Gasteiger partial charge in [0, 0.05) is 0 Å². The first-order valence-corrected chi connectivity index (χ1v) is 9.43. The van der Waals surface area contributed by atoms with E-state index in [1.54, 1.807) is 11.4 Å². The van der Waals surface area contributed by atoms with Gasteiger partial charge in [0.25, 0.3) is 0 Å². The minimum absolute atomic E-state index is 0.0503. The molecule has 3 rings (SSSR count). The molecule has 1 aromatic carbocycles. The number of carbonyl (C=O) groups is 1. The van der Waals surface area contributed by atoms with Crippen LogP contribution in [-0.4, -0.2) is 16.6 Å². The third kappa shape index (κ3) is 4.12. The number of hydrogen-bond donors (Lipinski definition) is 1. The standard InChI is InChI=1S/C15H8F3N3OS3/c16-15(17,18)9-1-2-11-10(5-9)20-14(25-11)24-7-12(22)21-13-8(6-19)3-4-23-13/h1-5H,7H2,(H,21,22). The zero-order valence-electron chi connectivity index (χ0n) is 12.3. The maximum absolute atomic E-state index is 12.7. The quantitative estimate of drug-likeness (QED) is 0.629. The molecular weight excluding hydrogens is 391 g/mol. The Kier molecular flexibility index (Phi) is 4.99. The topological polar surface area (TPSA) is 65.8 Å². The SMILES string of the molecule is N#Cc1ccsc1NC(=O)CSc1nc2cc(C(F)(F)F)ccc2s1. The third-order valence-corrected chi connectivity index (χ3v) is 6.07. The molecule has 1 N–H and O–H groups in total. The highest BCUT2D eigenvalue weighted by Crippen LogP contribution is 2.35. The number of halogens is 3. The van der Waals surface area contributed by atoms with Crippen LogP contribution in [0.1, 0.15) is 11.1 Å². The van der Waals surface area contributed by atoms with Crippen LogP contribution in [0.15, 0.2) is 34.0 Å². The number of thiazole rings is 1. The number of hydrogen-bond acceptors (Lipinski definition) is 6. The Morgan fingerprint density at radius 2 is 2.16 bits per heavy atom. The Balaban J connectivity index is 1.67. The largest absolute Gasteiger partial charge is 0.416 e. The normalized spacial score (nSPS) is 11.4. The number of fused-ring (bicyclic) bond motifs is 1. The van der Waals surface area contributed by atoms with E-state index in [0.717, 1.165) is 23.9 Å². The molecule has 0 atom stereocenters. The molecule has 0 aliphatic heterocycles. The Morgan fingerprint density at radius 1 is 1.36 bits per heavy atom. The predicted molar refractivity (Wildman–Crippen MR) is 93.0 cm³/mol. The summed E-state index contributed by atoms with van der Waals surface area (Å²) in [5, 5.41) is 13.7. The van der Waals surface area contributed by atoms with Crippen LogP contribution in [0.25, 0.3) is 10.2 Å². The van der Waals surface area contributed by atoms with Crippen molar-refractivity contribution < 1.29 is 18.0 Å². The minimum atomic E-state index is -4.41. The smallest absolute Gasteiger partial charge is 0.316 e. The van der Waals surface area contributed by atoms with E-state index in [1.807, 2.05) is 6.07 Å². The van der Waals surface area contributed by atoms with Crippen molar-refractivity contribution in [2.45, 2.75) is 10.5 Å². The van der Waals surface area contributed by atoms with E-state index < -0.39 is 11.7 Å². The van der Waals surface area contributed by atoms with Gasteiger partial charge in [-0.05, 0) is 29.6 Å². The molecular formula is C15H8F3N3OS3. The first-order chi connectivity index (χ1) is 11.9. The number of anilines is 1. The number of rotatable bonds is 4. The number of alkyl halides is 3. The van der Waals surface area contributed by atoms with Crippen molar-refractivity contribution in [1.82, 2.24) is 4.98 Å². The summed E-state index contributed by atoms with van der Waals surface area (Å²) in [6, 6.07) is 6.98. The fraction of sp³-hybridized carbons (Fsp3) is 0.133. The van der Waals surface area contributed by atoms with Gasteiger partial charge in [-0.3, -0.25) is 4.79 Å². The summed E-state index contributed by atoms with van der Waals surface area (Å²) in [4.78, 5) is 16.1. The molecule has 2 aromatic heterocycles. The van der Waals surface area contributed by atoms with Gasteiger partial charge < -0.3 is 5.32 Å². The minimum Gasteiger partial charge on any atom is -0.316 e. The Labute approximate surface area is 152 Å². The van der Waals surface area contributed by atoms with Gasteiger partial charge in [0.05, 0.1) is 27.1 Å². The van der Waals surface area contributed by atoms with Crippen molar-refractivity contribution in [2.75, 3.05) is 11.1 Å². The second-order valence-corrected chi connectivity index (χ2v) is 7.94. The molecule has 25 heavy (non-hydrogen) atoms. The Morgan fingerprint density at radius 3 is 2.88 bits per heavy atom. The summed E-state index contributed by atoms with van der Waals surface area (Å²) in [6.45, 7) is 0. The summed E-state index contributed by atoms with van der Waals surface area (Å²) in [7, 11) is 0. The van der Waals surface area contributed by atoms with Crippen LogP contribution >= 0.6 is 34.4 Å². The lowest BCUT2D eigenvalue weighted by Gasteiger charge is -2.04. The van der Waals surface area contributed by atoms with E-state index in [0.29, 0.717) is 19.6 Å². The lowest BCUT2D eigenvalue weighted by atomic mass is 10.2. The summed E-state index contributed by atoms with van der Waals surface area (Å²) < 4.78 is 39.3. The van der Waals surface area contributed by atoms with E-state index in [-0.39, 0.29) is 17.2 Å². The summed E-state index contributed by atoms with van der Waals surface area (Å²) in [5.74, 6) is -0.256. The molecule has 0 unspecified atom stereocenters. The van der Waals surface area contributed by atoms with Crippen LogP contribution in [0.2, 0.25) is 0 Å². The van der Waals surface area contributed by atoms with Crippen LogP contribution in [0.5, 0.6) is 0 Å². The highest BCUT2D eigenvalue weighted by Gasteiger charge is 2.30. The van der Waals surface area contributed by atoms with Crippen LogP contribution in [-0.2, 0) is 11.0 Å². The first kappa shape index (κ1) is 17.7. The Hall–Kier alpha value is -2.09. The molecule has 3 aromatic rings. The molecule has 0 saturated heterocycles. The summed E-state index contributed by atoms with van der Waals surface area (Å²) in [5.41, 5.74) is -0.0999. The van der Waals surface area contributed by atoms with Crippen LogP contribution in [0.4, 0.5) is 18.2 Å². The van der Waals surface area contributed by atoms with Crippen LogP contribution in [0.3, 0.4) is 0 Å². The van der Waals surface area contributed by atoms with Gasteiger partial charge >= 0.3 is 6.18 Å². The zero-order valence-corrected chi connectivity index (χ0v) is 14.7. The monoisotopic (exact) mass is 399 g/mol. The van der Waals surface area contributed by atoms with E-state index in [1.165, 1.54) is 28.7 Å². The number of nitriles is 1. The highest BCUT2D eigenvalue weighted by atomic mass is 32.2. The second kappa shape index (κ2) is 7.03. The number of thiophene rings is 1. The van der Waals surface area contributed by atoms with Crippen LogP contribution < -0.4 is 5.32 Å². The van der Waals surface area contributed by atoms with Crippen LogP contribution in [0, 0.1) is 11.3 Å². The molecule has 128 valence electrons. The number of thioether (sulfide) groups is 1. The zero-order chi connectivity index (χ0) is 18.0. The van der Waals surface area contributed by atoms with Gasteiger partial charge in [0.1, 0.15) is 11.1 Å². The number of benzene rings is 1. The number of aromatic nitrogens is 1. The highest BCUT2D eigenvalue weighted by molar-refractivity contribution is 8.01. The molecule has 0 radical (unpaired) electrons. The molecule has 4 nitrogen and oxygen atoms in total. The van der Waals surface area contributed by atoms with Crippen molar-refractivity contribution in [3.05, 3.63) is 40.8 Å². The van der Waals surface area contributed by atoms with Gasteiger partial charge in [-0.15, -0.1) is 22.7 Å². The van der Waals surface area contributed by atoms with Crippen molar-refractivity contribution in [2.24, 2.45) is 0 Å². The fourth-order valence-electron chi connectivity index (χ4n) is 1.93. The number of nitrogens with zero attached hydrogens (tertiary/aromatic N) is 2. The molecule has 0 spiro atoms. The first-order valence-electron chi connectivity index (χ1n) is 6.75. The van der Waals surface area contributed by atoms with Crippen molar-refractivity contribution in [1.29, 1.82) is 5.26 Å². The van der Waals surface area contributed by atoms with E-state index in [2.05, 4.69) is 10.3 Å². The van der Waals surface area contributed by atoms with E-state index in [9.17, 15) is 18.0 Å². The van der Waals surface area contributed by atoms with E-state index in [4.69, 9.17) is 5.26 Å². The number of amides is 1. The van der Waals surface area contributed by atoms with E-state index >= 15 is 0 Å². The summed E-state index contributed by atoms with van der Waals surface area (Å²) in [6.07, 6.45) is -4.41. The van der Waals surface area contributed by atoms with Gasteiger partial charge in [0.2, 0.25) is 5.91 Å². The molecule has 2 heterocycles. The number of carbonyl (C=O) groups excluding carboxylic acids is 1. The number of nitrogens with one attached hydrogen (secondary N) is 1. The maximum Gasteiger partial charge on any atom is 0.416 e. The molecule has 0 aliphatic carbocycles. The predicted octanol–water partition coefficient (Wildman–Crippen LogP) is 4.98. The molecule has 0 fully saturated rings. The maximum atomic E-state index is 12.7. The molecule has 1 amide bonds. The van der Waals surface area contributed by atoms with Crippen molar-refractivity contribution in [3.8, 4) is 6.07 Å². The lowest BCUT2D eigenvalue weighted by molar-refractivity contribution is -0.137. The Bertz CT molecular complexity index is 972. The average molecular weight is 399 g/mol. The van der Waals surface area contributed by atoms with Gasteiger partial charge in [-0.25, -0.2) is 4.98 Å². The molecule has 0 bridgehead atoms. The average Bonchev–Trinajstić information content (AvgIpc) is 3.16. The van der Waals surface area contributed by atoms with Crippen molar-refractivity contribution >= 4 is 55.6 Å². The van der Waals surface area contributed by atoms with Gasteiger partial charge in [-0.2, -0.15) is 18.4 Å². The van der Waals surface area contributed by atoms with Crippen molar-refractivity contribution in [3.63, 3.8) is 0 Å². The van der Waals surface area contributed by atoms with Gasteiger partial charge in [0.15, 0.2) is 4.34 Å².